The maximum absolute atomic E-state index is 6.57. The van der Waals surface area contributed by atoms with Gasteiger partial charge in [-0.05, 0) is 83.6 Å². The van der Waals surface area contributed by atoms with E-state index in [9.17, 15) is 0 Å². The molecule has 0 amide bonds. The van der Waals surface area contributed by atoms with Gasteiger partial charge in [0.1, 0.15) is 22.3 Å². The van der Waals surface area contributed by atoms with Crippen LogP contribution < -0.4 is 4.90 Å². The number of hydrogen-bond donors (Lipinski definition) is 0. The van der Waals surface area contributed by atoms with Crippen LogP contribution in [0.25, 0.3) is 74.8 Å². The Morgan fingerprint density at radius 3 is 1.73 bits per heavy atom. The van der Waals surface area contributed by atoms with Crippen LogP contribution in [0.2, 0.25) is 0 Å². The molecule has 10 aromatic rings. The van der Waals surface area contributed by atoms with E-state index in [2.05, 4.69) is 132 Å². The Morgan fingerprint density at radius 2 is 0.932 bits per heavy atom. The monoisotopic (exact) mass is 581 g/mol. The molecule has 206 valence electrons. The number of furan rings is 2. The molecule has 0 bridgehead atoms. The SMILES string of the molecule is c1ccc(N(c2ccc3c(c2)oc2cc4cc5c(cc4cc23)oc2ccccc25)c2ccc3c(c2)sc2ccccc23)cc1. The van der Waals surface area contributed by atoms with Crippen LogP contribution in [0.5, 0.6) is 0 Å². The zero-order valence-corrected chi connectivity index (χ0v) is 24.3. The van der Waals surface area contributed by atoms with Gasteiger partial charge in [-0.15, -0.1) is 11.3 Å². The van der Waals surface area contributed by atoms with Gasteiger partial charge in [0, 0.05) is 64.8 Å². The third-order valence-corrected chi connectivity index (χ3v) is 9.94. The normalized spacial score (nSPS) is 12.1. The van der Waals surface area contributed by atoms with Gasteiger partial charge in [0.2, 0.25) is 0 Å². The summed E-state index contributed by atoms with van der Waals surface area (Å²) in [6, 6.07) is 49.5. The molecule has 0 saturated heterocycles. The number of hydrogen-bond acceptors (Lipinski definition) is 4. The second kappa shape index (κ2) is 8.96. The molecule has 3 nitrogen and oxygen atoms in total. The predicted molar refractivity (Wildman–Crippen MR) is 186 cm³/mol. The summed E-state index contributed by atoms with van der Waals surface area (Å²) in [5.41, 5.74) is 6.84. The second-order valence-corrected chi connectivity index (χ2v) is 12.5. The number of nitrogens with zero attached hydrogens (tertiary/aromatic N) is 1. The van der Waals surface area contributed by atoms with E-state index in [1.807, 2.05) is 23.5 Å². The van der Waals surface area contributed by atoms with Gasteiger partial charge in [0.05, 0.1) is 0 Å². The average molecular weight is 582 g/mol. The topological polar surface area (TPSA) is 29.5 Å². The number of thiophene rings is 1. The quantitative estimate of drug-likeness (QED) is 0.208. The number of anilines is 3. The summed E-state index contributed by atoms with van der Waals surface area (Å²) in [6.45, 7) is 0. The van der Waals surface area contributed by atoms with Crippen molar-refractivity contribution in [3.63, 3.8) is 0 Å². The third kappa shape index (κ3) is 3.49. The van der Waals surface area contributed by atoms with Gasteiger partial charge in [-0.2, -0.15) is 0 Å². The van der Waals surface area contributed by atoms with Crippen molar-refractivity contribution in [2.75, 3.05) is 4.90 Å². The van der Waals surface area contributed by atoms with Crippen molar-refractivity contribution in [3.05, 3.63) is 140 Å². The standard InChI is InChI=1S/C40H23NO2S/c1-2-8-26(9-3-1)41(28-15-17-32-31-11-5-7-13-39(31)44-40(32)23-28)27-14-16-30-34-19-25-20-36-33(29-10-4-6-12-35(29)42-36)18-24(25)21-37(34)43-38(30)22-27/h1-23H. The molecular formula is C40H23NO2S. The van der Waals surface area contributed by atoms with Crippen LogP contribution in [-0.2, 0) is 0 Å². The first-order valence-electron chi connectivity index (χ1n) is 14.7. The molecule has 4 heteroatoms. The van der Waals surface area contributed by atoms with E-state index in [4.69, 9.17) is 8.83 Å². The lowest BCUT2D eigenvalue weighted by Gasteiger charge is -2.25. The Labute approximate surface area is 255 Å². The number of para-hydroxylation sites is 2. The minimum atomic E-state index is 0.866. The predicted octanol–water partition coefficient (Wildman–Crippen LogP) is 12.5. The maximum Gasteiger partial charge on any atom is 0.137 e. The van der Waals surface area contributed by atoms with Crippen LogP contribution in [0.4, 0.5) is 17.1 Å². The summed E-state index contributed by atoms with van der Waals surface area (Å²) in [4.78, 5) is 2.31. The fourth-order valence-electron chi connectivity index (χ4n) is 6.75. The molecular weight excluding hydrogens is 559 g/mol. The van der Waals surface area contributed by atoms with Crippen molar-refractivity contribution >= 4 is 103 Å². The van der Waals surface area contributed by atoms with Crippen LogP contribution >= 0.6 is 11.3 Å². The van der Waals surface area contributed by atoms with E-state index in [0.29, 0.717) is 0 Å². The van der Waals surface area contributed by atoms with Gasteiger partial charge >= 0.3 is 0 Å². The van der Waals surface area contributed by atoms with Crippen LogP contribution in [0.3, 0.4) is 0 Å². The van der Waals surface area contributed by atoms with Crippen molar-refractivity contribution in [1.82, 2.24) is 0 Å². The molecule has 3 aromatic heterocycles. The average Bonchev–Trinajstić information content (AvgIpc) is 3.73. The minimum absolute atomic E-state index is 0.866. The van der Waals surface area contributed by atoms with Crippen molar-refractivity contribution in [3.8, 4) is 0 Å². The number of rotatable bonds is 3. The van der Waals surface area contributed by atoms with E-state index in [0.717, 1.165) is 71.7 Å². The molecule has 0 aliphatic rings. The zero-order valence-electron chi connectivity index (χ0n) is 23.5. The van der Waals surface area contributed by atoms with Gasteiger partial charge in [-0.3, -0.25) is 0 Å². The van der Waals surface area contributed by atoms with Crippen molar-refractivity contribution < 1.29 is 8.83 Å². The summed E-state index contributed by atoms with van der Waals surface area (Å²) in [5.74, 6) is 0. The first-order chi connectivity index (χ1) is 21.8. The third-order valence-electron chi connectivity index (χ3n) is 8.80. The van der Waals surface area contributed by atoms with Gasteiger partial charge in [0.25, 0.3) is 0 Å². The maximum atomic E-state index is 6.57. The highest BCUT2D eigenvalue weighted by molar-refractivity contribution is 7.25. The Balaban J connectivity index is 1.15. The van der Waals surface area contributed by atoms with E-state index in [1.165, 1.54) is 20.2 Å². The molecule has 44 heavy (non-hydrogen) atoms. The highest BCUT2D eigenvalue weighted by Crippen LogP contribution is 2.43. The molecule has 0 aliphatic heterocycles. The van der Waals surface area contributed by atoms with E-state index >= 15 is 0 Å². The molecule has 0 radical (unpaired) electrons. The summed E-state index contributed by atoms with van der Waals surface area (Å²) in [5, 5.41) is 9.34. The Morgan fingerprint density at radius 1 is 0.364 bits per heavy atom. The molecule has 0 fully saturated rings. The van der Waals surface area contributed by atoms with E-state index in [-0.39, 0.29) is 0 Å². The van der Waals surface area contributed by atoms with Crippen molar-refractivity contribution in [1.29, 1.82) is 0 Å². The van der Waals surface area contributed by atoms with Crippen LogP contribution in [0.15, 0.2) is 148 Å². The lowest BCUT2D eigenvalue weighted by molar-refractivity contribution is 0.668. The lowest BCUT2D eigenvalue weighted by Crippen LogP contribution is -2.09. The molecule has 3 heterocycles. The van der Waals surface area contributed by atoms with E-state index < -0.39 is 0 Å². The molecule has 0 aliphatic carbocycles. The van der Waals surface area contributed by atoms with E-state index in [1.54, 1.807) is 0 Å². The molecule has 10 rings (SSSR count). The molecule has 0 saturated carbocycles. The number of benzene rings is 7. The number of fused-ring (bicyclic) bond motifs is 10. The second-order valence-electron chi connectivity index (χ2n) is 11.4. The van der Waals surface area contributed by atoms with Crippen molar-refractivity contribution in [2.45, 2.75) is 0 Å². The zero-order chi connectivity index (χ0) is 28.8. The summed E-state index contributed by atoms with van der Waals surface area (Å²) in [6.07, 6.45) is 0. The Hall–Kier alpha value is -5.58. The van der Waals surface area contributed by atoms with Crippen molar-refractivity contribution in [2.24, 2.45) is 0 Å². The molecule has 0 N–H and O–H groups in total. The molecule has 0 atom stereocenters. The fourth-order valence-corrected chi connectivity index (χ4v) is 7.89. The molecule has 7 aromatic carbocycles. The summed E-state index contributed by atoms with van der Waals surface area (Å²) < 4.78 is 15.3. The Bertz CT molecular complexity index is 2730. The van der Waals surface area contributed by atoms with Crippen LogP contribution in [0, 0.1) is 0 Å². The highest BCUT2D eigenvalue weighted by atomic mass is 32.1. The van der Waals surface area contributed by atoms with Gasteiger partial charge in [-0.1, -0.05) is 60.7 Å². The summed E-state index contributed by atoms with van der Waals surface area (Å²) in [7, 11) is 0. The fraction of sp³-hybridized carbons (Fsp3) is 0. The molecule has 0 spiro atoms. The summed E-state index contributed by atoms with van der Waals surface area (Å²) >= 11 is 1.84. The lowest BCUT2D eigenvalue weighted by atomic mass is 10.0. The largest absolute Gasteiger partial charge is 0.456 e. The highest BCUT2D eigenvalue weighted by Gasteiger charge is 2.18. The smallest absolute Gasteiger partial charge is 0.137 e. The first kappa shape index (κ1) is 23.9. The first-order valence-corrected chi connectivity index (χ1v) is 15.6. The van der Waals surface area contributed by atoms with Gasteiger partial charge < -0.3 is 13.7 Å². The van der Waals surface area contributed by atoms with Gasteiger partial charge in [0.15, 0.2) is 0 Å². The molecule has 0 unspecified atom stereocenters. The Kier molecular flexibility index (Phi) is 4.87. The minimum Gasteiger partial charge on any atom is -0.456 e. The van der Waals surface area contributed by atoms with Gasteiger partial charge in [-0.25, -0.2) is 0 Å². The van der Waals surface area contributed by atoms with Crippen LogP contribution in [0.1, 0.15) is 0 Å². The van der Waals surface area contributed by atoms with Crippen LogP contribution in [-0.4, -0.2) is 0 Å².